The highest BCUT2D eigenvalue weighted by Crippen LogP contribution is 2.26. The van der Waals surface area contributed by atoms with Gasteiger partial charge >= 0.3 is 0 Å². The molecule has 0 atom stereocenters. The topological polar surface area (TPSA) is 72.8 Å². The Morgan fingerprint density at radius 1 is 1.22 bits per heavy atom. The van der Waals surface area contributed by atoms with Crippen molar-refractivity contribution in [1.82, 2.24) is 0 Å². The molecule has 0 aliphatic carbocycles. The zero-order chi connectivity index (χ0) is 16.4. The van der Waals surface area contributed by atoms with Crippen LogP contribution in [0.3, 0.4) is 0 Å². The Morgan fingerprint density at radius 2 is 1.96 bits per heavy atom. The fraction of sp³-hybridized carbons (Fsp3) is 0.118. The van der Waals surface area contributed by atoms with Crippen molar-refractivity contribution >= 4 is 29.3 Å². The van der Waals surface area contributed by atoms with Crippen LogP contribution in [0.15, 0.2) is 57.6 Å². The van der Waals surface area contributed by atoms with E-state index in [2.05, 4.69) is 5.10 Å². The Labute approximate surface area is 133 Å². The minimum atomic E-state index is -0.351. The van der Waals surface area contributed by atoms with E-state index in [1.54, 1.807) is 30.3 Å². The standard InChI is InChI=1S/C17H14N4O2/c1-20(2)16-9-8-13(23-16)10-14-15(11-18)19-21(17(14)22)12-6-4-3-5-7-12/h3-10H,1-2H3. The number of amides is 1. The summed E-state index contributed by atoms with van der Waals surface area (Å²) in [6.45, 7) is 0. The van der Waals surface area contributed by atoms with Crippen LogP contribution in [-0.2, 0) is 4.79 Å². The van der Waals surface area contributed by atoms with Gasteiger partial charge in [-0.05, 0) is 24.3 Å². The van der Waals surface area contributed by atoms with E-state index < -0.39 is 0 Å². The van der Waals surface area contributed by atoms with Crippen molar-refractivity contribution in [2.24, 2.45) is 5.10 Å². The van der Waals surface area contributed by atoms with Gasteiger partial charge in [-0.25, -0.2) is 0 Å². The number of hydrazone groups is 1. The first kappa shape index (κ1) is 14.6. The van der Waals surface area contributed by atoms with E-state index in [4.69, 9.17) is 4.42 Å². The molecule has 0 unspecified atom stereocenters. The summed E-state index contributed by atoms with van der Waals surface area (Å²) in [5, 5.41) is 14.6. The SMILES string of the molecule is CN(C)c1ccc(C=C2C(=O)N(c3ccccc3)N=C2C#N)o1. The fourth-order valence-electron chi connectivity index (χ4n) is 2.17. The van der Waals surface area contributed by atoms with E-state index in [-0.39, 0.29) is 17.2 Å². The van der Waals surface area contributed by atoms with Crippen LogP contribution in [0.2, 0.25) is 0 Å². The summed E-state index contributed by atoms with van der Waals surface area (Å²) in [5.41, 5.74) is 0.903. The minimum Gasteiger partial charge on any atom is -0.441 e. The average Bonchev–Trinajstić information content (AvgIpc) is 3.15. The molecule has 0 saturated carbocycles. The van der Waals surface area contributed by atoms with Crippen LogP contribution < -0.4 is 9.91 Å². The molecule has 0 spiro atoms. The molecule has 0 saturated heterocycles. The quantitative estimate of drug-likeness (QED) is 0.817. The zero-order valence-electron chi connectivity index (χ0n) is 12.7. The van der Waals surface area contributed by atoms with Crippen LogP contribution in [0.25, 0.3) is 6.08 Å². The molecule has 3 rings (SSSR count). The first-order valence-electron chi connectivity index (χ1n) is 6.97. The van der Waals surface area contributed by atoms with Gasteiger partial charge in [0.2, 0.25) is 0 Å². The lowest BCUT2D eigenvalue weighted by molar-refractivity contribution is -0.114. The molecule has 0 radical (unpaired) electrons. The minimum absolute atomic E-state index is 0.0710. The molecule has 0 fully saturated rings. The second-order valence-corrected chi connectivity index (χ2v) is 5.14. The van der Waals surface area contributed by atoms with E-state index in [0.29, 0.717) is 17.3 Å². The summed E-state index contributed by atoms with van der Waals surface area (Å²) in [5.74, 6) is 0.808. The highest BCUT2D eigenvalue weighted by Gasteiger charge is 2.31. The average molecular weight is 306 g/mol. The van der Waals surface area contributed by atoms with Gasteiger partial charge in [-0.2, -0.15) is 15.4 Å². The lowest BCUT2D eigenvalue weighted by Gasteiger charge is -2.10. The van der Waals surface area contributed by atoms with Crippen LogP contribution in [0.5, 0.6) is 0 Å². The molecule has 0 bridgehead atoms. The molecule has 1 aromatic carbocycles. The number of nitriles is 1. The smallest absolute Gasteiger partial charge is 0.281 e. The van der Waals surface area contributed by atoms with Crippen molar-refractivity contribution < 1.29 is 9.21 Å². The van der Waals surface area contributed by atoms with Crippen molar-refractivity contribution in [2.45, 2.75) is 0 Å². The van der Waals surface area contributed by atoms with Crippen molar-refractivity contribution in [3.63, 3.8) is 0 Å². The maximum absolute atomic E-state index is 12.6. The van der Waals surface area contributed by atoms with Crippen LogP contribution >= 0.6 is 0 Å². The number of hydrogen-bond donors (Lipinski definition) is 0. The van der Waals surface area contributed by atoms with Crippen LogP contribution in [0.1, 0.15) is 5.76 Å². The maximum atomic E-state index is 12.6. The van der Waals surface area contributed by atoms with Gasteiger partial charge in [0, 0.05) is 20.2 Å². The number of hydrogen-bond acceptors (Lipinski definition) is 5. The molecule has 6 nitrogen and oxygen atoms in total. The molecular weight excluding hydrogens is 292 g/mol. The van der Waals surface area contributed by atoms with E-state index in [1.807, 2.05) is 43.3 Å². The van der Waals surface area contributed by atoms with Crippen LogP contribution in [0, 0.1) is 11.3 Å². The fourth-order valence-corrected chi connectivity index (χ4v) is 2.17. The maximum Gasteiger partial charge on any atom is 0.281 e. The number of benzene rings is 1. The molecule has 1 amide bonds. The Hall–Kier alpha value is -3.33. The van der Waals surface area contributed by atoms with Gasteiger partial charge < -0.3 is 9.32 Å². The van der Waals surface area contributed by atoms with Crippen LogP contribution in [0.4, 0.5) is 11.6 Å². The Balaban J connectivity index is 1.96. The summed E-state index contributed by atoms with van der Waals surface area (Å²) in [4.78, 5) is 14.4. The summed E-state index contributed by atoms with van der Waals surface area (Å²) in [6.07, 6.45) is 1.54. The molecule has 6 heteroatoms. The molecule has 2 heterocycles. The second kappa shape index (κ2) is 5.81. The molecule has 1 aliphatic heterocycles. The predicted octanol–water partition coefficient (Wildman–Crippen LogP) is 2.66. The monoisotopic (exact) mass is 306 g/mol. The number of rotatable bonds is 3. The Bertz CT molecular complexity index is 841. The normalized spacial score (nSPS) is 15.7. The summed E-state index contributed by atoms with van der Waals surface area (Å²) in [7, 11) is 3.71. The largest absolute Gasteiger partial charge is 0.441 e. The van der Waals surface area contributed by atoms with Gasteiger partial charge in [0.1, 0.15) is 11.8 Å². The van der Waals surface area contributed by atoms with E-state index in [9.17, 15) is 10.1 Å². The number of carbonyl (C=O) groups excluding carboxylic acids is 1. The second-order valence-electron chi connectivity index (χ2n) is 5.14. The number of furan rings is 1. The van der Waals surface area contributed by atoms with Gasteiger partial charge in [-0.1, -0.05) is 18.2 Å². The highest BCUT2D eigenvalue weighted by atomic mass is 16.4. The molecule has 0 N–H and O–H groups in total. The molecule has 23 heavy (non-hydrogen) atoms. The lowest BCUT2D eigenvalue weighted by Crippen LogP contribution is -2.21. The van der Waals surface area contributed by atoms with E-state index >= 15 is 0 Å². The van der Waals surface area contributed by atoms with Gasteiger partial charge in [0.05, 0.1) is 11.3 Å². The number of anilines is 2. The van der Waals surface area contributed by atoms with Crippen LogP contribution in [-0.4, -0.2) is 25.7 Å². The first-order valence-corrected chi connectivity index (χ1v) is 6.97. The van der Waals surface area contributed by atoms with Gasteiger partial charge in [-0.15, -0.1) is 0 Å². The van der Waals surface area contributed by atoms with Crippen molar-refractivity contribution in [3.05, 3.63) is 53.8 Å². The third-order valence-corrected chi connectivity index (χ3v) is 3.32. The van der Waals surface area contributed by atoms with E-state index in [0.717, 1.165) is 0 Å². The Morgan fingerprint density at radius 3 is 2.57 bits per heavy atom. The first-order chi connectivity index (χ1) is 11.1. The van der Waals surface area contributed by atoms with E-state index in [1.165, 1.54) is 5.01 Å². The van der Waals surface area contributed by atoms with Gasteiger partial charge in [-0.3, -0.25) is 4.79 Å². The van der Waals surface area contributed by atoms with Crippen molar-refractivity contribution in [3.8, 4) is 6.07 Å². The molecular formula is C17H14N4O2. The van der Waals surface area contributed by atoms with Crippen molar-refractivity contribution in [1.29, 1.82) is 5.26 Å². The molecule has 1 aliphatic rings. The highest BCUT2D eigenvalue weighted by molar-refractivity contribution is 6.37. The predicted molar refractivity (Wildman–Crippen MR) is 88.0 cm³/mol. The lowest BCUT2D eigenvalue weighted by atomic mass is 10.1. The molecule has 2 aromatic rings. The number of carbonyl (C=O) groups is 1. The van der Waals surface area contributed by atoms with Gasteiger partial charge in [0.25, 0.3) is 5.91 Å². The third kappa shape index (κ3) is 2.72. The van der Waals surface area contributed by atoms with Crippen molar-refractivity contribution in [2.75, 3.05) is 24.0 Å². The summed E-state index contributed by atoms with van der Waals surface area (Å²) < 4.78 is 5.60. The Kier molecular flexibility index (Phi) is 3.69. The zero-order valence-corrected chi connectivity index (χ0v) is 12.7. The molecule has 1 aromatic heterocycles. The summed E-state index contributed by atoms with van der Waals surface area (Å²) >= 11 is 0. The molecule has 114 valence electrons. The number of nitrogens with zero attached hydrogens (tertiary/aromatic N) is 4. The third-order valence-electron chi connectivity index (χ3n) is 3.32. The summed E-state index contributed by atoms with van der Waals surface area (Å²) in [6, 6.07) is 14.5. The van der Waals surface area contributed by atoms with Gasteiger partial charge in [0.15, 0.2) is 11.6 Å². The number of para-hydroxylation sites is 1.